The van der Waals surface area contributed by atoms with Crippen molar-refractivity contribution < 1.29 is 29.0 Å². The van der Waals surface area contributed by atoms with Gasteiger partial charge in [0.15, 0.2) is 16.6 Å². The molecular formula is C25H22N6O6S. The summed E-state index contributed by atoms with van der Waals surface area (Å²) in [5, 5.41) is 16.9. The van der Waals surface area contributed by atoms with Crippen molar-refractivity contribution in [1.29, 1.82) is 0 Å². The topological polar surface area (TPSA) is 165 Å². The molecule has 0 atom stereocenters. The lowest BCUT2D eigenvalue weighted by Gasteiger charge is -2.13. The Hall–Kier alpha value is -5.04. The van der Waals surface area contributed by atoms with E-state index in [1.54, 1.807) is 42.5 Å². The van der Waals surface area contributed by atoms with E-state index in [0.29, 0.717) is 11.3 Å². The fourth-order valence-electron chi connectivity index (χ4n) is 3.47. The number of carboxylic acid groups (broad SMARTS) is 1. The van der Waals surface area contributed by atoms with Crippen LogP contribution in [0.4, 0.5) is 21.6 Å². The Bertz CT molecular complexity index is 1560. The van der Waals surface area contributed by atoms with E-state index in [1.807, 2.05) is 6.92 Å². The predicted molar refractivity (Wildman–Crippen MR) is 140 cm³/mol. The summed E-state index contributed by atoms with van der Waals surface area (Å²) in [4.78, 5) is 57.7. The van der Waals surface area contributed by atoms with Crippen LogP contribution in [0.5, 0.6) is 5.75 Å². The maximum Gasteiger partial charge on any atom is 0.356 e. The van der Waals surface area contributed by atoms with Crippen LogP contribution in [0.1, 0.15) is 41.6 Å². The van der Waals surface area contributed by atoms with Crippen LogP contribution in [-0.2, 0) is 7.05 Å². The van der Waals surface area contributed by atoms with E-state index in [-0.39, 0.29) is 38.7 Å². The van der Waals surface area contributed by atoms with Gasteiger partial charge in [-0.2, -0.15) is 0 Å². The quantitative estimate of drug-likeness (QED) is 0.246. The number of ketones is 1. The number of aryl methyl sites for hydroxylation is 2. The number of aromatic nitrogens is 3. The molecule has 0 aliphatic heterocycles. The number of rotatable bonds is 8. The molecule has 0 bridgehead atoms. The summed E-state index contributed by atoms with van der Waals surface area (Å²) in [6.07, 6.45) is 2.53. The minimum Gasteiger partial charge on any atom is -0.496 e. The Balaban J connectivity index is 1.46. The number of urea groups is 1. The summed E-state index contributed by atoms with van der Waals surface area (Å²) in [6.45, 7) is 1.83. The van der Waals surface area contributed by atoms with Gasteiger partial charge in [-0.3, -0.25) is 20.2 Å². The predicted octanol–water partition coefficient (Wildman–Crippen LogP) is 4.02. The molecule has 0 aliphatic carbocycles. The van der Waals surface area contributed by atoms with Gasteiger partial charge >= 0.3 is 12.0 Å². The lowest BCUT2D eigenvalue weighted by Crippen LogP contribution is -2.21. The number of nitrogens with zero attached hydrogens (tertiary/aromatic N) is 3. The Kier molecular flexibility index (Phi) is 7.48. The fourth-order valence-corrected chi connectivity index (χ4v) is 4.18. The molecule has 0 saturated carbocycles. The van der Waals surface area contributed by atoms with E-state index < -0.39 is 17.9 Å². The molecule has 2 heterocycles. The van der Waals surface area contributed by atoms with Crippen molar-refractivity contribution in [2.75, 3.05) is 23.1 Å². The van der Waals surface area contributed by atoms with Gasteiger partial charge in [-0.05, 0) is 31.2 Å². The van der Waals surface area contributed by atoms with E-state index in [1.165, 1.54) is 31.1 Å². The number of carbonyl (C=O) groups is 4. The lowest BCUT2D eigenvalue weighted by atomic mass is 9.99. The smallest absolute Gasteiger partial charge is 0.356 e. The molecule has 38 heavy (non-hydrogen) atoms. The molecular weight excluding hydrogens is 512 g/mol. The Morgan fingerprint density at radius 1 is 1.03 bits per heavy atom. The molecule has 0 fully saturated rings. The minimum absolute atomic E-state index is 0.0414. The van der Waals surface area contributed by atoms with Gasteiger partial charge in [0.25, 0.3) is 5.91 Å². The molecule has 0 spiro atoms. The van der Waals surface area contributed by atoms with Crippen LogP contribution in [0.2, 0.25) is 0 Å². The highest BCUT2D eigenvalue weighted by molar-refractivity contribution is 7.17. The van der Waals surface area contributed by atoms with E-state index in [2.05, 4.69) is 25.9 Å². The lowest BCUT2D eigenvalue weighted by molar-refractivity contribution is 0.0690. The summed E-state index contributed by atoms with van der Waals surface area (Å²) in [6, 6.07) is 11.2. The van der Waals surface area contributed by atoms with Gasteiger partial charge < -0.3 is 19.7 Å². The normalized spacial score (nSPS) is 10.5. The largest absolute Gasteiger partial charge is 0.496 e. The summed E-state index contributed by atoms with van der Waals surface area (Å²) in [7, 11) is 3.01. The molecule has 3 amide bonds. The third kappa shape index (κ3) is 5.68. The maximum atomic E-state index is 13.3. The van der Waals surface area contributed by atoms with Gasteiger partial charge in [0, 0.05) is 18.8 Å². The number of anilines is 3. The van der Waals surface area contributed by atoms with Crippen LogP contribution in [0.15, 0.2) is 54.9 Å². The van der Waals surface area contributed by atoms with E-state index in [9.17, 15) is 19.2 Å². The van der Waals surface area contributed by atoms with Crippen LogP contribution in [0.25, 0.3) is 0 Å². The van der Waals surface area contributed by atoms with Crippen LogP contribution in [0.3, 0.4) is 0 Å². The summed E-state index contributed by atoms with van der Waals surface area (Å²) in [5.74, 6) is -1.68. The van der Waals surface area contributed by atoms with E-state index in [0.717, 1.165) is 16.9 Å². The minimum atomic E-state index is -1.22. The third-order valence-electron chi connectivity index (χ3n) is 5.29. The van der Waals surface area contributed by atoms with Crippen molar-refractivity contribution in [3.05, 3.63) is 82.1 Å². The molecule has 0 radical (unpaired) electrons. The number of benzene rings is 2. The number of methoxy groups -OCH3 is 1. The second kappa shape index (κ2) is 10.9. The molecule has 4 N–H and O–H groups in total. The zero-order valence-electron chi connectivity index (χ0n) is 20.4. The summed E-state index contributed by atoms with van der Waals surface area (Å²) in [5.41, 5.74) is 1.52. The first kappa shape index (κ1) is 26.0. The monoisotopic (exact) mass is 534 g/mol. The average molecular weight is 535 g/mol. The highest BCUT2D eigenvalue weighted by Crippen LogP contribution is 2.27. The highest BCUT2D eigenvalue weighted by Gasteiger charge is 2.20. The van der Waals surface area contributed by atoms with Crippen molar-refractivity contribution in [1.82, 2.24) is 14.5 Å². The first-order chi connectivity index (χ1) is 18.2. The van der Waals surface area contributed by atoms with Crippen LogP contribution >= 0.6 is 11.3 Å². The number of ether oxygens (including phenoxy) is 1. The summed E-state index contributed by atoms with van der Waals surface area (Å²) >= 11 is 0.901. The average Bonchev–Trinajstić information content (AvgIpc) is 3.51. The zero-order valence-corrected chi connectivity index (χ0v) is 21.3. The molecule has 0 aliphatic rings. The number of nitrogens with one attached hydrogen (secondary N) is 3. The molecule has 0 unspecified atom stereocenters. The second-order valence-electron chi connectivity index (χ2n) is 8.01. The molecule has 13 heteroatoms. The van der Waals surface area contributed by atoms with Gasteiger partial charge in [-0.1, -0.05) is 35.1 Å². The van der Waals surface area contributed by atoms with Gasteiger partial charge in [-0.15, -0.1) is 0 Å². The second-order valence-corrected chi connectivity index (χ2v) is 9.04. The highest BCUT2D eigenvalue weighted by atomic mass is 32.1. The van der Waals surface area contributed by atoms with E-state index >= 15 is 0 Å². The van der Waals surface area contributed by atoms with Crippen molar-refractivity contribution in [3.8, 4) is 5.75 Å². The first-order valence-electron chi connectivity index (χ1n) is 11.1. The zero-order chi connectivity index (χ0) is 27.4. The number of hydrogen-bond donors (Lipinski definition) is 4. The number of imidazole rings is 1. The fraction of sp³-hybridized carbons (Fsp3) is 0.120. The van der Waals surface area contributed by atoms with Gasteiger partial charge in [0.2, 0.25) is 5.95 Å². The number of para-hydroxylation sites is 1. The number of carboxylic acids is 1. The van der Waals surface area contributed by atoms with Gasteiger partial charge in [-0.25, -0.2) is 19.6 Å². The number of thiazole rings is 1. The Labute approximate surface area is 220 Å². The van der Waals surface area contributed by atoms with E-state index in [4.69, 9.17) is 9.84 Å². The molecule has 0 saturated heterocycles. The van der Waals surface area contributed by atoms with Crippen LogP contribution in [-0.4, -0.2) is 50.4 Å². The molecule has 4 rings (SSSR count). The number of hydrogen-bond acceptors (Lipinski definition) is 8. The van der Waals surface area contributed by atoms with Crippen molar-refractivity contribution >= 4 is 51.8 Å². The SMILES string of the molecule is COc1ccccc1C(=O)c1cc(C)ccc1NC(=O)Nc1ncc(C(=O)Nc2nc(C(=O)O)cn2C)s1. The van der Waals surface area contributed by atoms with Crippen molar-refractivity contribution in [3.63, 3.8) is 0 Å². The number of amides is 3. The molecule has 194 valence electrons. The van der Waals surface area contributed by atoms with Crippen LogP contribution < -0.4 is 20.7 Å². The van der Waals surface area contributed by atoms with Crippen LogP contribution in [0, 0.1) is 6.92 Å². The number of carbonyl (C=O) groups excluding carboxylic acids is 3. The third-order valence-corrected chi connectivity index (χ3v) is 6.20. The first-order valence-corrected chi connectivity index (χ1v) is 11.9. The molecule has 2 aromatic heterocycles. The molecule has 4 aromatic rings. The Morgan fingerprint density at radius 3 is 2.50 bits per heavy atom. The maximum absolute atomic E-state index is 13.3. The number of aromatic carboxylic acids is 1. The summed E-state index contributed by atoms with van der Waals surface area (Å²) < 4.78 is 6.67. The van der Waals surface area contributed by atoms with Crippen molar-refractivity contribution in [2.24, 2.45) is 7.05 Å². The van der Waals surface area contributed by atoms with Gasteiger partial charge in [0.05, 0.1) is 24.6 Å². The standard InChI is InChI=1S/C25H22N6O6S/c1-13-8-9-16(15(10-13)20(32)14-6-4-5-7-18(14)37-3)28-24(36)30-25-26-11-19(38-25)21(33)29-23-27-17(22(34)35)12-31(23)2/h4-12H,1-3H3,(H,34,35)(H,27,29,33)(H2,26,28,30,36). The molecule has 2 aromatic carbocycles. The Morgan fingerprint density at radius 2 is 1.79 bits per heavy atom. The van der Waals surface area contributed by atoms with Gasteiger partial charge in [0.1, 0.15) is 10.6 Å². The van der Waals surface area contributed by atoms with Crippen molar-refractivity contribution in [2.45, 2.75) is 6.92 Å². The molecule has 12 nitrogen and oxygen atoms in total.